The summed E-state index contributed by atoms with van der Waals surface area (Å²) in [5.41, 5.74) is 3.40. The molecule has 2 heterocycles. The molecule has 2 saturated heterocycles. The Morgan fingerprint density at radius 1 is 1.07 bits per heavy atom. The van der Waals surface area contributed by atoms with E-state index < -0.39 is 0 Å². The van der Waals surface area contributed by atoms with Crippen LogP contribution in [0.5, 0.6) is 5.75 Å². The maximum atomic E-state index is 10.2. The number of hydrogen-bond donors (Lipinski definition) is 1. The highest BCUT2D eigenvalue weighted by atomic mass is 16.3. The maximum absolute atomic E-state index is 10.2. The molecule has 27 heavy (non-hydrogen) atoms. The summed E-state index contributed by atoms with van der Waals surface area (Å²) in [5.74, 6) is 2.22. The van der Waals surface area contributed by atoms with Gasteiger partial charge in [0.15, 0.2) is 0 Å². The summed E-state index contributed by atoms with van der Waals surface area (Å²) in [7, 11) is 2.26. The van der Waals surface area contributed by atoms with Crippen LogP contribution in [0.1, 0.15) is 62.5 Å². The molecule has 5 rings (SSSR count). The van der Waals surface area contributed by atoms with Crippen LogP contribution >= 0.6 is 0 Å². The highest BCUT2D eigenvalue weighted by Crippen LogP contribution is 2.56. The first-order chi connectivity index (χ1) is 13.2. The first-order valence-corrected chi connectivity index (χ1v) is 11.4. The van der Waals surface area contributed by atoms with Crippen LogP contribution in [-0.2, 0) is 11.8 Å². The van der Waals surface area contributed by atoms with E-state index in [-0.39, 0.29) is 0 Å². The molecule has 3 heteroatoms. The number of piperidine rings is 2. The molecule has 0 unspecified atom stereocenters. The second kappa shape index (κ2) is 7.08. The van der Waals surface area contributed by atoms with Crippen molar-refractivity contribution < 1.29 is 5.11 Å². The summed E-state index contributed by atoms with van der Waals surface area (Å²) in [4.78, 5) is 5.36. The number of hydrogen-bond acceptors (Lipinski definition) is 3. The molecule has 148 valence electrons. The van der Waals surface area contributed by atoms with E-state index in [0.29, 0.717) is 11.2 Å². The normalized spacial score (nSPS) is 34.9. The van der Waals surface area contributed by atoms with Gasteiger partial charge in [-0.05, 0) is 113 Å². The zero-order chi connectivity index (χ0) is 18.4. The summed E-state index contributed by atoms with van der Waals surface area (Å²) in [6, 6.07) is 7.00. The van der Waals surface area contributed by atoms with Gasteiger partial charge in [-0.15, -0.1) is 0 Å². The molecule has 2 aliphatic heterocycles. The molecule has 0 radical (unpaired) electrons. The Labute approximate surface area is 164 Å². The molecule has 2 bridgehead atoms. The second-order valence-electron chi connectivity index (χ2n) is 9.94. The Bertz CT molecular complexity index is 681. The van der Waals surface area contributed by atoms with Crippen molar-refractivity contribution in [1.82, 2.24) is 9.80 Å². The molecule has 0 spiro atoms. The maximum Gasteiger partial charge on any atom is 0.115 e. The van der Waals surface area contributed by atoms with Gasteiger partial charge in [-0.25, -0.2) is 0 Å². The molecule has 1 saturated carbocycles. The number of benzene rings is 1. The second-order valence-corrected chi connectivity index (χ2v) is 9.94. The summed E-state index contributed by atoms with van der Waals surface area (Å²) in [6.07, 6.45) is 12.2. The number of fused-ring (bicyclic) bond motifs is 1. The minimum absolute atomic E-state index is 0.360. The minimum atomic E-state index is 0.360. The lowest BCUT2D eigenvalue weighted by molar-refractivity contribution is -0.0146. The summed E-state index contributed by atoms with van der Waals surface area (Å²) >= 11 is 0. The lowest BCUT2D eigenvalue weighted by Crippen LogP contribution is -2.61. The van der Waals surface area contributed by atoms with Crippen LogP contribution in [0.3, 0.4) is 0 Å². The van der Waals surface area contributed by atoms with Crippen LogP contribution in [-0.4, -0.2) is 54.2 Å². The van der Waals surface area contributed by atoms with Crippen molar-refractivity contribution in [1.29, 1.82) is 0 Å². The van der Waals surface area contributed by atoms with Gasteiger partial charge >= 0.3 is 0 Å². The van der Waals surface area contributed by atoms with Gasteiger partial charge in [0.05, 0.1) is 0 Å². The SMILES string of the molecule is CN1CCC(CCN2CC[C@]34CCCC[C@H]3[C@H]2Cc2ccc(O)cc24)CC1. The predicted octanol–water partition coefficient (Wildman–Crippen LogP) is 4.18. The number of nitrogens with zero attached hydrogens (tertiary/aromatic N) is 2. The summed E-state index contributed by atoms with van der Waals surface area (Å²) in [5, 5.41) is 10.2. The van der Waals surface area contributed by atoms with Crippen molar-refractivity contribution >= 4 is 0 Å². The molecule has 1 N–H and O–H groups in total. The van der Waals surface area contributed by atoms with Crippen molar-refractivity contribution in [3.63, 3.8) is 0 Å². The van der Waals surface area contributed by atoms with E-state index in [0.717, 1.165) is 17.9 Å². The van der Waals surface area contributed by atoms with Crippen molar-refractivity contribution in [2.75, 3.05) is 33.2 Å². The summed E-state index contributed by atoms with van der Waals surface area (Å²) < 4.78 is 0. The molecule has 1 aromatic carbocycles. The number of phenolic OH excluding ortho intramolecular Hbond substituents is 1. The van der Waals surface area contributed by atoms with Gasteiger partial charge in [0.2, 0.25) is 0 Å². The monoisotopic (exact) mass is 368 g/mol. The average molecular weight is 369 g/mol. The average Bonchev–Trinajstić information content (AvgIpc) is 2.69. The van der Waals surface area contributed by atoms with Gasteiger partial charge in [0.25, 0.3) is 0 Å². The first kappa shape index (κ1) is 18.0. The fourth-order valence-electron chi connectivity index (χ4n) is 7.05. The fourth-order valence-corrected chi connectivity index (χ4v) is 7.05. The molecule has 3 atom stereocenters. The van der Waals surface area contributed by atoms with Crippen molar-refractivity contribution in [3.8, 4) is 5.75 Å². The topological polar surface area (TPSA) is 26.7 Å². The Hall–Kier alpha value is -1.06. The van der Waals surface area contributed by atoms with E-state index >= 15 is 0 Å². The number of rotatable bonds is 3. The third-order valence-corrected chi connectivity index (χ3v) is 8.60. The molecular weight excluding hydrogens is 332 g/mol. The highest BCUT2D eigenvalue weighted by Gasteiger charge is 2.53. The predicted molar refractivity (Wildman–Crippen MR) is 110 cm³/mol. The molecule has 0 amide bonds. The van der Waals surface area contributed by atoms with E-state index in [1.807, 2.05) is 6.07 Å². The molecule has 3 nitrogen and oxygen atoms in total. The zero-order valence-electron chi connectivity index (χ0n) is 17.0. The van der Waals surface area contributed by atoms with E-state index in [2.05, 4.69) is 29.0 Å². The molecule has 0 aromatic heterocycles. The summed E-state index contributed by atoms with van der Waals surface area (Å²) in [6.45, 7) is 5.15. The van der Waals surface area contributed by atoms with Gasteiger partial charge in [0, 0.05) is 11.5 Å². The molecule has 3 fully saturated rings. The van der Waals surface area contributed by atoms with E-state index in [9.17, 15) is 5.11 Å². The van der Waals surface area contributed by atoms with Crippen molar-refractivity contribution in [3.05, 3.63) is 29.3 Å². The Balaban J connectivity index is 1.36. The van der Waals surface area contributed by atoms with Crippen molar-refractivity contribution in [2.24, 2.45) is 11.8 Å². The number of aromatic hydroxyl groups is 1. The van der Waals surface area contributed by atoms with E-state index in [1.54, 1.807) is 0 Å². The van der Waals surface area contributed by atoms with Gasteiger partial charge in [-0.2, -0.15) is 0 Å². The van der Waals surface area contributed by atoms with Crippen LogP contribution < -0.4 is 0 Å². The van der Waals surface area contributed by atoms with Gasteiger partial charge in [-0.1, -0.05) is 18.9 Å². The van der Waals surface area contributed by atoms with Crippen LogP contribution in [0.4, 0.5) is 0 Å². The van der Waals surface area contributed by atoms with Gasteiger partial charge < -0.3 is 10.0 Å². The largest absolute Gasteiger partial charge is 0.508 e. The number of likely N-dealkylation sites (tertiary alicyclic amines) is 2. The standard InChI is InChI=1S/C24H36N2O/c1-25-12-7-18(8-13-25)9-14-26-15-11-24-10-3-2-4-21(24)23(26)16-19-5-6-20(27)17-22(19)24/h5-6,17-18,21,23,27H,2-4,7-16H2,1H3/t21-,23+,24+/m0/s1. The van der Waals surface area contributed by atoms with Gasteiger partial charge in [0.1, 0.15) is 5.75 Å². The fraction of sp³-hybridized carbons (Fsp3) is 0.750. The van der Waals surface area contributed by atoms with Crippen LogP contribution in [0.2, 0.25) is 0 Å². The van der Waals surface area contributed by atoms with Crippen LogP contribution in [0.25, 0.3) is 0 Å². The first-order valence-electron chi connectivity index (χ1n) is 11.4. The van der Waals surface area contributed by atoms with Crippen LogP contribution in [0, 0.1) is 11.8 Å². The zero-order valence-corrected chi connectivity index (χ0v) is 17.0. The smallest absolute Gasteiger partial charge is 0.115 e. The highest BCUT2D eigenvalue weighted by molar-refractivity contribution is 5.45. The van der Waals surface area contributed by atoms with Gasteiger partial charge in [-0.3, -0.25) is 4.90 Å². The number of phenols is 1. The molecule has 1 aromatic rings. The Morgan fingerprint density at radius 2 is 1.93 bits per heavy atom. The minimum Gasteiger partial charge on any atom is -0.508 e. The molecular formula is C24H36N2O. The quantitative estimate of drug-likeness (QED) is 0.867. The molecule has 2 aliphatic carbocycles. The molecule has 4 aliphatic rings. The third kappa shape index (κ3) is 3.11. The van der Waals surface area contributed by atoms with Crippen molar-refractivity contribution in [2.45, 2.75) is 69.2 Å². The Morgan fingerprint density at radius 3 is 2.78 bits per heavy atom. The van der Waals surface area contributed by atoms with Crippen LogP contribution in [0.15, 0.2) is 18.2 Å². The lowest BCUT2D eigenvalue weighted by atomic mass is 9.52. The lowest BCUT2D eigenvalue weighted by Gasteiger charge is -2.59. The van der Waals surface area contributed by atoms with E-state index in [4.69, 9.17) is 0 Å². The van der Waals surface area contributed by atoms with E-state index in [1.165, 1.54) is 95.1 Å². The Kier molecular flexibility index (Phi) is 4.72. The third-order valence-electron chi connectivity index (χ3n) is 8.60.